The summed E-state index contributed by atoms with van der Waals surface area (Å²) in [6, 6.07) is -1.47. The maximum atomic E-state index is 11.7. The second kappa shape index (κ2) is 3.46. The van der Waals surface area contributed by atoms with Crippen LogP contribution in [0.4, 0.5) is 8.78 Å². The van der Waals surface area contributed by atoms with Crippen LogP contribution in [0.5, 0.6) is 0 Å². The molecular formula is C5H9F2NO2. The molecule has 0 saturated heterocycles. The van der Waals surface area contributed by atoms with Gasteiger partial charge in [-0.2, -0.15) is 0 Å². The van der Waals surface area contributed by atoms with E-state index in [0.29, 0.717) is 0 Å². The van der Waals surface area contributed by atoms with E-state index < -0.39 is 24.4 Å². The van der Waals surface area contributed by atoms with Crippen LogP contribution in [-0.4, -0.2) is 23.5 Å². The summed E-state index contributed by atoms with van der Waals surface area (Å²) in [4.78, 5) is 9.99. The van der Waals surface area contributed by atoms with Crippen LogP contribution in [0.15, 0.2) is 0 Å². The molecule has 0 radical (unpaired) electrons. The van der Waals surface area contributed by atoms with Crippen molar-refractivity contribution in [2.24, 2.45) is 11.7 Å². The topological polar surface area (TPSA) is 63.3 Å². The number of carboxylic acid groups (broad SMARTS) is 1. The highest BCUT2D eigenvalue weighted by atomic mass is 19.3. The third-order valence-corrected chi connectivity index (χ3v) is 1.25. The minimum atomic E-state index is -2.67. The third-order valence-electron chi connectivity index (χ3n) is 1.25. The van der Waals surface area contributed by atoms with Crippen molar-refractivity contribution in [3.05, 3.63) is 0 Å². The average molecular weight is 153 g/mol. The molecule has 0 saturated carbocycles. The molecule has 60 valence electrons. The Kier molecular flexibility index (Phi) is 3.21. The van der Waals surface area contributed by atoms with E-state index in [2.05, 4.69) is 0 Å². The summed E-state index contributed by atoms with van der Waals surface area (Å²) >= 11 is 0. The van der Waals surface area contributed by atoms with Gasteiger partial charge in [-0.1, -0.05) is 6.92 Å². The minimum Gasteiger partial charge on any atom is -0.480 e. The second-order valence-corrected chi connectivity index (χ2v) is 2.06. The number of halogens is 2. The Morgan fingerprint density at radius 3 is 2.10 bits per heavy atom. The molecule has 0 aromatic heterocycles. The highest BCUT2D eigenvalue weighted by Gasteiger charge is 2.27. The largest absolute Gasteiger partial charge is 0.480 e. The van der Waals surface area contributed by atoms with E-state index in [-0.39, 0.29) is 0 Å². The molecule has 0 rings (SSSR count). The number of nitrogens with two attached hydrogens (primary N) is 1. The molecule has 0 aliphatic rings. The van der Waals surface area contributed by atoms with Gasteiger partial charge in [0.1, 0.15) is 6.04 Å². The summed E-state index contributed by atoms with van der Waals surface area (Å²) in [5, 5.41) is 8.14. The van der Waals surface area contributed by atoms with Crippen LogP contribution in [-0.2, 0) is 4.79 Å². The van der Waals surface area contributed by atoms with Crippen LogP contribution >= 0.6 is 0 Å². The van der Waals surface area contributed by atoms with Crippen LogP contribution in [0.3, 0.4) is 0 Å². The fourth-order valence-corrected chi connectivity index (χ4v) is 0.382. The fraction of sp³-hybridized carbons (Fsp3) is 0.800. The van der Waals surface area contributed by atoms with Crippen molar-refractivity contribution in [2.75, 3.05) is 0 Å². The molecule has 0 amide bonds. The zero-order chi connectivity index (χ0) is 8.31. The molecule has 0 aromatic carbocycles. The van der Waals surface area contributed by atoms with Crippen molar-refractivity contribution in [3.63, 3.8) is 0 Å². The highest BCUT2D eigenvalue weighted by molar-refractivity contribution is 5.73. The van der Waals surface area contributed by atoms with Gasteiger partial charge in [0.2, 0.25) is 6.43 Å². The lowest BCUT2D eigenvalue weighted by atomic mass is 10.0. The zero-order valence-corrected chi connectivity index (χ0v) is 5.42. The normalized spacial score (nSPS) is 16.9. The van der Waals surface area contributed by atoms with Crippen molar-refractivity contribution in [1.29, 1.82) is 0 Å². The molecule has 3 N–H and O–H groups in total. The van der Waals surface area contributed by atoms with Gasteiger partial charge in [-0.05, 0) is 0 Å². The second-order valence-electron chi connectivity index (χ2n) is 2.06. The molecule has 0 fully saturated rings. The Morgan fingerprint density at radius 2 is 2.00 bits per heavy atom. The monoisotopic (exact) mass is 153 g/mol. The average Bonchev–Trinajstić information content (AvgIpc) is 1.84. The van der Waals surface area contributed by atoms with Crippen LogP contribution in [0.1, 0.15) is 6.92 Å². The zero-order valence-electron chi connectivity index (χ0n) is 5.42. The van der Waals surface area contributed by atoms with E-state index in [1.807, 2.05) is 0 Å². The van der Waals surface area contributed by atoms with Gasteiger partial charge in [0.05, 0.1) is 0 Å². The van der Waals surface area contributed by atoms with Crippen LogP contribution < -0.4 is 5.73 Å². The Morgan fingerprint density at radius 1 is 1.60 bits per heavy atom. The summed E-state index contributed by atoms with van der Waals surface area (Å²) < 4.78 is 23.4. The van der Waals surface area contributed by atoms with Crippen LogP contribution in [0, 0.1) is 5.92 Å². The van der Waals surface area contributed by atoms with Gasteiger partial charge in [0.15, 0.2) is 0 Å². The number of aliphatic carboxylic acids is 1. The Labute approximate surface area is 56.8 Å². The van der Waals surface area contributed by atoms with E-state index in [4.69, 9.17) is 10.8 Å². The standard InChI is InChI=1S/C5H9F2NO2/c1-2(4(6)7)3(8)5(9)10/h2-4H,8H2,1H3,(H,9,10)/t2?,3-/m0/s1. The smallest absolute Gasteiger partial charge is 0.320 e. The third kappa shape index (κ3) is 2.26. The van der Waals surface area contributed by atoms with Gasteiger partial charge < -0.3 is 10.8 Å². The lowest BCUT2D eigenvalue weighted by Gasteiger charge is -2.13. The first-order valence-electron chi connectivity index (χ1n) is 2.73. The molecule has 2 atom stereocenters. The maximum Gasteiger partial charge on any atom is 0.320 e. The van der Waals surface area contributed by atoms with Gasteiger partial charge in [-0.15, -0.1) is 0 Å². The van der Waals surface area contributed by atoms with Crippen molar-refractivity contribution in [3.8, 4) is 0 Å². The van der Waals surface area contributed by atoms with Crippen molar-refractivity contribution >= 4 is 5.97 Å². The first-order valence-corrected chi connectivity index (χ1v) is 2.73. The number of rotatable bonds is 3. The maximum absolute atomic E-state index is 11.7. The number of alkyl halides is 2. The van der Waals surface area contributed by atoms with Gasteiger partial charge in [-0.3, -0.25) is 4.79 Å². The summed E-state index contributed by atoms with van der Waals surface area (Å²) in [6.07, 6.45) is -2.67. The fourth-order valence-electron chi connectivity index (χ4n) is 0.382. The number of hydrogen-bond acceptors (Lipinski definition) is 2. The molecule has 0 aromatic rings. The number of carbonyl (C=O) groups is 1. The minimum absolute atomic E-state index is 1.10. The van der Waals surface area contributed by atoms with Gasteiger partial charge >= 0.3 is 5.97 Å². The Hall–Kier alpha value is -0.710. The molecule has 5 heteroatoms. The number of carboxylic acids is 1. The molecule has 0 aliphatic heterocycles. The van der Waals surface area contributed by atoms with E-state index >= 15 is 0 Å². The summed E-state index contributed by atoms with van der Waals surface area (Å²) in [5.41, 5.74) is 4.88. The summed E-state index contributed by atoms with van der Waals surface area (Å²) in [7, 11) is 0. The van der Waals surface area contributed by atoms with Crippen LogP contribution in [0.25, 0.3) is 0 Å². The van der Waals surface area contributed by atoms with E-state index in [0.717, 1.165) is 6.92 Å². The summed E-state index contributed by atoms with van der Waals surface area (Å²) in [5.74, 6) is -2.69. The van der Waals surface area contributed by atoms with E-state index in [1.54, 1.807) is 0 Å². The first-order chi connectivity index (χ1) is 4.46. The molecule has 3 nitrogen and oxygen atoms in total. The molecular weight excluding hydrogens is 144 g/mol. The predicted octanol–water partition coefficient (Wildman–Crippen LogP) is 0.300. The molecule has 0 spiro atoms. The van der Waals surface area contributed by atoms with Crippen molar-refractivity contribution < 1.29 is 18.7 Å². The van der Waals surface area contributed by atoms with Gasteiger partial charge in [0.25, 0.3) is 0 Å². The molecule has 0 bridgehead atoms. The Balaban J connectivity index is 3.94. The Bertz CT molecular complexity index is 129. The predicted molar refractivity (Wildman–Crippen MR) is 30.8 cm³/mol. The van der Waals surface area contributed by atoms with E-state index in [9.17, 15) is 13.6 Å². The quantitative estimate of drug-likeness (QED) is 0.612. The lowest BCUT2D eigenvalue weighted by molar-refractivity contribution is -0.141. The van der Waals surface area contributed by atoms with Gasteiger partial charge in [-0.25, -0.2) is 8.78 Å². The number of hydrogen-bond donors (Lipinski definition) is 2. The van der Waals surface area contributed by atoms with Crippen LogP contribution in [0.2, 0.25) is 0 Å². The van der Waals surface area contributed by atoms with Crippen molar-refractivity contribution in [1.82, 2.24) is 0 Å². The van der Waals surface area contributed by atoms with E-state index in [1.165, 1.54) is 0 Å². The van der Waals surface area contributed by atoms with Gasteiger partial charge in [0, 0.05) is 5.92 Å². The SMILES string of the molecule is CC(C(F)F)[C@H](N)C(=O)O. The lowest BCUT2D eigenvalue weighted by Crippen LogP contribution is -2.39. The highest BCUT2D eigenvalue weighted by Crippen LogP contribution is 2.11. The first kappa shape index (κ1) is 9.29. The molecule has 0 heterocycles. The summed E-state index contributed by atoms with van der Waals surface area (Å²) in [6.45, 7) is 1.10. The molecule has 0 aliphatic carbocycles. The molecule has 10 heavy (non-hydrogen) atoms. The molecule has 1 unspecified atom stereocenters. The van der Waals surface area contributed by atoms with Crippen molar-refractivity contribution in [2.45, 2.75) is 19.4 Å².